The predicted octanol–water partition coefficient (Wildman–Crippen LogP) is 4.15. The lowest BCUT2D eigenvalue weighted by Gasteiger charge is -2.27. The first kappa shape index (κ1) is 19.9. The molecule has 1 N–H and O–H groups in total. The van der Waals surface area contributed by atoms with E-state index in [0.717, 1.165) is 5.56 Å². The summed E-state index contributed by atoms with van der Waals surface area (Å²) < 4.78 is 10.6. The van der Waals surface area contributed by atoms with Gasteiger partial charge < -0.3 is 19.1 Å². The lowest BCUT2D eigenvalue weighted by atomic mass is 10.2. The van der Waals surface area contributed by atoms with Gasteiger partial charge in [0.15, 0.2) is 8.38 Å². The molecule has 0 fully saturated rings. The minimum atomic E-state index is -1.40. The van der Waals surface area contributed by atoms with Crippen molar-refractivity contribution in [2.24, 2.45) is 0 Å². The molecular formula is C17H28NO4P. The Kier molecular flexibility index (Phi) is 8.53. The Balaban J connectivity index is 2.62. The first-order valence-corrected chi connectivity index (χ1v) is 9.32. The molecule has 0 heterocycles. The summed E-state index contributed by atoms with van der Waals surface area (Å²) in [5.74, 6) is 0. The summed E-state index contributed by atoms with van der Waals surface area (Å²) in [5, 5.41) is 0. The maximum atomic E-state index is 12.4. The normalized spacial score (nSPS) is 12.7. The smallest absolute Gasteiger partial charge is 0.410 e. The van der Waals surface area contributed by atoms with Gasteiger partial charge >= 0.3 is 6.09 Å². The van der Waals surface area contributed by atoms with Gasteiger partial charge in [-0.05, 0) is 39.7 Å². The monoisotopic (exact) mass is 341 g/mol. The van der Waals surface area contributed by atoms with Crippen molar-refractivity contribution in [1.82, 2.24) is 4.90 Å². The number of benzene rings is 1. The molecule has 0 saturated carbocycles. The van der Waals surface area contributed by atoms with E-state index in [4.69, 9.17) is 9.26 Å². The fraction of sp³-hybridized carbons (Fsp3) is 0.588. The van der Waals surface area contributed by atoms with Crippen molar-refractivity contribution in [2.75, 3.05) is 19.3 Å². The number of rotatable bonds is 8. The van der Waals surface area contributed by atoms with Crippen LogP contribution in [0.5, 0.6) is 0 Å². The molecule has 130 valence electrons. The molecule has 1 aromatic carbocycles. The Labute approximate surface area is 140 Å². The number of hydrogen-bond donors (Lipinski definition) is 1. The molecule has 1 amide bonds. The largest absolute Gasteiger partial charge is 0.444 e. The van der Waals surface area contributed by atoms with Crippen LogP contribution < -0.4 is 0 Å². The van der Waals surface area contributed by atoms with Crippen LogP contribution in [0.15, 0.2) is 30.3 Å². The van der Waals surface area contributed by atoms with Gasteiger partial charge in [0.1, 0.15) is 5.60 Å². The summed E-state index contributed by atoms with van der Waals surface area (Å²) in [4.78, 5) is 23.7. The average Bonchev–Trinajstić information content (AvgIpc) is 2.46. The molecule has 23 heavy (non-hydrogen) atoms. The van der Waals surface area contributed by atoms with Crippen LogP contribution in [0.3, 0.4) is 0 Å². The fourth-order valence-corrected chi connectivity index (χ4v) is 2.81. The highest BCUT2D eigenvalue weighted by atomic mass is 31.2. The molecule has 0 radical (unpaired) electrons. The van der Waals surface area contributed by atoms with E-state index in [-0.39, 0.29) is 6.09 Å². The molecule has 0 spiro atoms. The molecule has 1 atom stereocenters. The van der Waals surface area contributed by atoms with Gasteiger partial charge in [-0.3, -0.25) is 0 Å². The second-order valence-corrected chi connectivity index (χ2v) is 7.64. The van der Waals surface area contributed by atoms with Crippen LogP contribution in [0.25, 0.3) is 0 Å². The third kappa shape index (κ3) is 8.89. The second-order valence-electron chi connectivity index (χ2n) is 6.23. The highest BCUT2D eigenvalue weighted by molar-refractivity contribution is 7.46. The first-order chi connectivity index (χ1) is 10.8. The summed E-state index contributed by atoms with van der Waals surface area (Å²) in [7, 11) is -1.40. The molecular weight excluding hydrogens is 313 g/mol. The van der Waals surface area contributed by atoms with Crippen LogP contribution in [0.1, 0.15) is 39.7 Å². The molecule has 0 aliphatic rings. The van der Waals surface area contributed by atoms with Crippen molar-refractivity contribution >= 4 is 14.5 Å². The van der Waals surface area contributed by atoms with Crippen LogP contribution in [-0.4, -0.2) is 40.8 Å². The van der Waals surface area contributed by atoms with Crippen LogP contribution in [0.4, 0.5) is 4.79 Å². The van der Waals surface area contributed by atoms with Gasteiger partial charge in [-0.2, -0.15) is 0 Å². The molecule has 0 aromatic heterocycles. The van der Waals surface area contributed by atoms with Crippen molar-refractivity contribution in [2.45, 2.75) is 46.3 Å². The number of carbonyl (C=O) groups is 1. The standard InChI is InChI=1S/C17H28NO4P/c1-5-21-23(20)13-9-12-18(16(19)22-17(2,3)4)14-15-10-7-6-8-11-15/h6-8,10-11,20H,5,9,12-14H2,1-4H3. The zero-order valence-electron chi connectivity index (χ0n) is 14.5. The third-order valence-electron chi connectivity index (χ3n) is 2.92. The average molecular weight is 341 g/mol. The predicted molar refractivity (Wildman–Crippen MR) is 93.3 cm³/mol. The molecule has 0 aliphatic heterocycles. The van der Waals surface area contributed by atoms with Crippen molar-refractivity contribution in [3.05, 3.63) is 35.9 Å². The summed E-state index contributed by atoms with van der Waals surface area (Å²) in [6, 6.07) is 9.81. The van der Waals surface area contributed by atoms with Crippen LogP contribution in [0, 0.1) is 0 Å². The number of hydrogen-bond acceptors (Lipinski definition) is 4. The van der Waals surface area contributed by atoms with E-state index in [1.54, 1.807) is 4.90 Å². The fourth-order valence-electron chi connectivity index (χ4n) is 1.98. The van der Waals surface area contributed by atoms with Crippen LogP contribution in [-0.2, 0) is 15.8 Å². The Morgan fingerprint density at radius 2 is 1.91 bits per heavy atom. The van der Waals surface area contributed by atoms with Gasteiger partial charge in [0, 0.05) is 19.3 Å². The van der Waals surface area contributed by atoms with E-state index >= 15 is 0 Å². The number of nitrogens with zero attached hydrogens (tertiary/aromatic N) is 1. The van der Waals surface area contributed by atoms with Gasteiger partial charge in [-0.25, -0.2) is 4.79 Å². The van der Waals surface area contributed by atoms with Crippen LogP contribution in [0.2, 0.25) is 0 Å². The van der Waals surface area contributed by atoms with E-state index in [2.05, 4.69) is 0 Å². The third-order valence-corrected chi connectivity index (χ3v) is 4.18. The Morgan fingerprint density at radius 1 is 1.26 bits per heavy atom. The van der Waals surface area contributed by atoms with Gasteiger partial charge in [-0.15, -0.1) is 0 Å². The number of carbonyl (C=O) groups excluding carboxylic acids is 1. The molecule has 6 heteroatoms. The molecule has 0 aliphatic carbocycles. The van der Waals surface area contributed by atoms with E-state index in [9.17, 15) is 9.69 Å². The van der Waals surface area contributed by atoms with Gasteiger partial charge in [0.2, 0.25) is 0 Å². The minimum Gasteiger partial charge on any atom is -0.444 e. The Hall–Kier alpha value is -1.16. The van der Waals surface area contributed by atoms with Crippen LogP contribution >= 0.6 is 8.38 Å². The summed E-state index contributed by atoms with van der Waals surface area (Å²) in [5.41, 5.74) is 0.524. The molecule has 1 rings (SSSR count). The van der Waals surface area contributed by atoms with Crippen molar-refractivity contribution in [3.63, 3.8) is 0 Å². The van der Waals surface area contributed by atoms with Crippen molar-refractivity contribution in [3.8, 4) is 0 Å². The van der Waals surface area contributed by atoms with E-state index in [1.165, 1.54) is 0 Å². The Morgan fingerprint density at radius 3 is 2.48 bits per heavy atom. The number of ether oxygens (including phenoxy) is 1. The topological polar surface area (TPSA) is 59.0 Å². The van der Waals surface area contributed by atoms with Gasteiger partial charge in [-0.1, -0.05) is 30.3 Å². The maximum Gasteiger partial charge on any atom is 0.410 e. The number of amides is 1. The van der Waals surface area contributed by atoms with E-state index < -0.39 is 14.0 Å². The van der Waals surface area contributed by atoms with E-state index in [0.29, 0.717) is 32.3 Å². The van der Waals surface area contributed by atoms with Gasteiger partial charge in [0.05, 0.1) is 6.61 Å². The van der Waals surface area contributed by atoms with E-state index in [1.807, 2.05) is 58.0 Å². The quantitative estimate of drug-likeness (QED) is 0.722. The molecule has 0 bridgehead atoms. The SMILES string of the molecule is CCOP(O)CCCN(Cc1ccccc1)C(=O)OC(C)(C)C. The summed E-state index contributed by atoms with van der Waals surface area (Å²) >= 11 is 0. The highest BCUT2D eigenvalue weighted by Gasteiger charge is 2.22. The van der Waals surface area contributed by atoms with Crippen molar-refractivity contribution < 1.29 is 18.9 Å². The summed E-state index contributed by atoms with van der Waals surface area (Å²) in [6.45, 7) is 8.94. The zero-order chi connectivity index (χ0) is 17.3. The summed E-state index contributed by atoms with van der Waals surface area (Å²) in [6.07, 6.45) is 0.894. The molecule has 0 saturated heterocycles. The maximum absolute atomic E-state index is 12.4. The molecule has 5 nitrogen and oxygen atoms in total. The first-order valence-electron chi connectivity index (χ1n) is 7.93. The zero-order valence-corrected chi connectivity index (χ0v) is 15.4. The lowest BCUT2D eigenvalue weighted by molar-refractivity contribution is 0.0233. The second kappa shape index (κ2) is 9.86. The highest BCUT2D eigenvalue weighted by Crippen LogP contribution is 2.31. The molecule has 1 unspecified atom stereocenters. The van der Waals surface area contributed by atoms with Gasteiger partial charge in [0.25, 0.3) is 0 Å². The lowest BCUT2D eigenvalue weighted by Crippen LogP contribution is -2.37. The van der Waals surface area contributed by atoms with Crippen molar-refractivity contribution in [1.29, 1.82) is 0 Å². The Bertz CT molecular complexity index is 461. The molecule has 1 aromatic rings. The minimum absolute atomic E-state index is 0.333.